The lowest BCUT2D eigenvalue weighted by Gasteiger charge is -2.37. The molecule has 1 aromatic rings. The van der Waals surface area contributed by atoms with Crippen LogP contribution in [-0.4, -0.2) is 48.6 Å². The standard InChI is InChI=1S/C18H26N2O3/c1-13-16(18(22)23)8-5-11-20(13)17(21)10-9-14-6-4-7-15(12-14)19(2)3/h4,6-7,12-13,16H,5,8-11H2,1-3H3,(H,22,23)/t13-,16-/m1/s1. The van der Waals surface area contributed by atoms with Crippen LogP contribution in [0.15, 0.2) is 24.3 Å². The van der Waals surface area contributed by atoms with Crippen LogP contribution in [0.1, 0.15) is 31.7 Å². The molecule has 0 aromatic heterocycles. The lowest BCUT2D eigenvalue weighted by atomic mass is 9.90. The predicted molar refractivity (Wildman–Crippen MR) is 90.6 cm³/mol. The van der Waals surface area contributed by atoms with Crippen molar-refractivity contribution in [3.63, 3.8) is 0 Å². The van der Waals surface area contributed by atoms with Gasteiger partial charge in [0.1, 0.15) is 0 Å². The number of amides is 1. The highest BCUT2D eigenvalue weighted by atomic mass is 16.4. The van der Waals surface area contributed by atoms with Crippen molar-refractivity contribution in [1.82, 2.24) is 4.90 Å². The zero-order valence-electron chi connectivity index (χ0n) is 14.2. The Morgan fingerprint density at radius 1 is 1.35 bits per heavy atom. The molecule has 1 aliphatic rings. The molecule has 0 bridgehead atoms. The van der Waals surface area contributed by atoms with Crippen molar-refractivity contribution in [2.24, 2.45) is 5.92 Å². The number of anilines is 1. The Kier molecular flexibility index (Phi) is 5.64. The van der Waals surface area contributed by atoms with Crippen molar-refractivity contribution < 1.29 is 14.7 Å². The SMILES string of the molecule is C[C@@H]1[C@H](C(=O)O)CCCN1C(=O)CCc1cccc(N(C)C)c1. The Morgan fingerprint density at radius 2 is 2.09 bits per heavy atom. The fourth-order valence-electron chi connectivity index (χ4n) is 3.21. The first-order valence-corrected chi connectivity index (χ1v) is 8.18. The summed E-state index contributed by atoms with van der Waals surface area (Å²) < 4.78 is 0. The molecule has 5 nitrogen and oxygen atoms in total. The van der Waals surface area contributed by atoms with E-state index in [0.29, 0.717) is 25.8 Å². The fourth-order valence-corrected chi connectivity index (χ4v) is 3.21. The second-order valence-corrected chi connectivity index (χ2v) is 6.48. The van der Waals surface area contributed by atoms with E-state index in [1.54, 1.807) is 4.90 Å². The number of hydrogen-bond donors (Lipinski definition) is 1. The van der Waals surface area contributed by atoms with Crippen LogP contribution in [0, 0.1) is 5.92 Å². The van der Waals surface area contributed by atoms with Crippen LogP contribution in [0.3, 0.4) is 0 Å². The summed E-state index contributed by atoms with van der Waals surface area (Å²) in [5.74, 6) is -1.18. The number of carbonyl (C=O) groups is 2. The van der Waals surface area contributed by atoms with Crippen LogP contribution in [0.5, 0.6) is 0 Å². The van der Waals surface area contributed by atoms with Crippen molar-refractivity contribution in [2.45, 2.75) is 38.6 Å². The van der Waals surface area contributed by atoms with Crippen LogP contribution in [0.2, 0.25) is 0 Å². The van der Waals surface area contributed by atoms with Gasteiger partial charge in [-0.2, -0.15) is 0 Å². The van der Waals surface area contributed by atoms with Gasteiger partial charge in [0.15, 0.2) is 0 Å². The number of carboxylic acids is 1. The normalized spacial score (nSPS) is 21.1. The molecular formula is C18H26N2O3. The lowest BCUT2D eigenvalue weighted by Crippen LogP contribution is -2.49. The third kappa shape index (κ3) is 4.24. The Labute approximate surface area is 137 Å². The number of carbonyl (C=O) groups excluding carboxylic acids is 1. The Balaban J connectivity index is 1.96. The monoisotopic (exact) mass is 318 g/mol. The summed E-state index contributed by atoms with van der Waals surface area (Å²) in [7, 11) is 3.98. The first kappa shape index (κ1) is 17.3. The van der Waals surface area contributed by atoms with Crippen molar-refractivity contribution in [3.8, 4) is 0 Å². The zero-order valence-corrected chi connectivity index (χ0v) is 14.2. The molecule has 1 aliphatic heterocycles. The quantitative estimate of drug-likeness (QED) is 0.905. The number of benzene rings is 1. The number of piperidine rings is 1. The molecule has 1 heterocycles. The third-order valence-corrected chi connectivity index (χ3v) is 4.68. The van der Waals surface area contributed by atoms with Gasteiger partial charge < -0.3 is 14.9 Å². The molecule has 0 radical (unpaired) electrons. The van der Waals surface area contributed by atoms with E-state index in [2.05, 4.69) is 6.07 Å². The number of rotatable bonds is 5. The van der Waals surface area contributed by atoms with Gasteiger partial charge >= 0.3 is 5.97 Å². The molecule has 0 saturated carbocycles. The van der Waals surface area contributed by atoms with E-state index in [9.17, 15) is 14.7 Å². The molecule has 1 saturated heterocycles. The molecule has 1 amide bonds. The average Bonchev–Trinajstić information content (AvgIpc) is 2.52. The summed E-state index contributed by atoms with van der Waals surface area (Å²) in [4.78, 5) is 27.5. The molecule has 5 heteroatoms. The van der Waals surface area contributed by atoms with Crippen molar-refractivity contribution in [1.29, 1.82) is 0 Å². The van der Waals surface area contributed by atoms with Crippen molar-refractivity contribution >= 4 is 17.6 Å². The Bertz CT molecular complexity index is 571. The van der Waals surface area contributed by atoms with E-state index in [4.69, 9.17) is 0 Å². The molecule has 0 unspecified atom stereocenters. The summed E-state index contributed by atoms with van der Waals surface area (Å²) in [6.45, 7) is 2.52. The molecule has 1 N–H and O–H groups in total. The maximum Gasteiger partial charge on any atom is 0.308 e. The second kappa shape index (κ2) is 7.49. The smallest absolute Gasteiger partial charge is 0.308 e. The molecule has 1 aromatic carbocycles. The maximum absolute atomic E-state index is 12.5. The maximum atomic E-state index is 12.5. The fraction of sp³-hybridized carbons (Fsp3) is 0.556. The molecule has 0 spiro atoms. The van der Waals surface area contributed by atoms with E-state index < -0.39 is 11.9 Å². The number of nitrogens with zero attached hydrogens (tertiary/aromatic N) is 2. The number of aliphatic carboxylic acids is 1. The minimum atomic E-state index is -0.798. The van der Waals surface area contributed by atoms with Gasteiger partial charge in [0, 0.05) is 38.8 Å². The van der Waals surface area contributed by atoms with E-state index in [1.807, 2.05) is 44.1 Å². The largest absolute Gasteiger partial charge is 0.481 e. The van der Waals surface area contributed by atoms with Gasteiger partial charge in [-0.1, -0.05) is 12.1 Å². The Hall–Kier alpha value is -2.04. The van der Waals surface area contributed by atoms with Gasteiger partial charge in [-0.15, -0.1) is 0 Å². The van der Waals surface area contributed by atoms with E-state index in [0.717, 1.165) is 17.7 Å². The summed E-state index contributed by atoms with van der Waals surface area (Å²) in [6, 6.07) is 7.93. The van der Waals surface area contributed by atoms with Crippen molar-refractivity contribution in [3.05, 3.63) is 29.8 Å². The van der Waals surface area contributed by atoms with Crippen LogP contribution in [0.25, 0.3) is 0 Å². The van der Waals surface area contributed by atoms with E-state index >= 15 is 0 Å². The second-order valence-electron chi connectivity index (χ2n) is 6.48. The number of aryl methyl sites for hydroxylation is 1. The molecule has 2 atom stereocenters. The summed E-state index contributed by atoms with van der Waals surface area (Å²) in [5, 5.41) is 9.26. The van der Waals surface area contributed by atoms with E-state index in [-0.39, 0.29) is 11.9 Å². The predicted octanol–water partition coefficient (Wildman–Crippen LogP) is 2.40. The first-order chi connectivity index (χ1) is 10.9. The Morgan fingerprint density at radius 3 is 2.74 bits per heavy atom. The first-order valence-electron chi connectivity index (χ1n) is 8.18. The molecule has 23 heavy (non-hydrogen) atoms. The number of hydrogen-bond acceptors (Lipinski definition) is 3. The van der Waals surface area contributed by atoms with Gasteiger partial charge in [0.05, 0.1) is 5.92 Å². The molecule has 0 aliphatic carbocycles. The van der Waals surface area contributed by atoms with E-state index in [1.165, 1.54) is 0 Å². The minimum Gasteiger partial charge on any atom is -0.481 e. The topological polar surface area (TPSA) is 60.9 Å². The highest BCUT2D eigenvalue weighted by Crippen LogP contribution is 2.25. The van der Waals surface area contributed by atoms with Crippen molar-refractivity contribution in [2.75, 3.05) is 25.5 Å². The van der Waals surface area contributed by atoms with Gasteiger partial charge in [0.2, 0.25) is 5.91 Å². The zero-order chi connectivity index (χ0) is 17.0. The van der Waals surface area contributed by atoms with Crippen LogP contribution in [-0.2, 0) is 16.0 Å². The molecular weight excluding hydrogens is 292 g/mol. The average molecular weight is 318 g/mol. The molecule has 2 rings (SSSR count). The van der Waals surface area contributed by atoms with Crippen LogP contribution < -0.4 is 4.90 Å². The summed E-state index contributed by atoms with van der Waals surface area (Å²) >= 11 is 0. The highest BCUT2D eigenvalue weighted by Gasteiger charge is 2.34. The van der Waals surface area contributed by atoms with Gasteiger partial charge in [-0.25, -0.2) is 0 Å². The summed E-state index contributed by atoms with van der Waals surface area (Å²) in [6.07, 6.45) is 2.53. The minimum absolute atomic E-state index is 0.0544. The highest BCUT2D eigenvalue weighted by molar-refractivity contribution is 5.79. The van der Waals surface area contributed by atoms with Crippen LogP contribution in [0.4, 0.5) is 5.69 Å². The van der Waals surface area contributed by atoms with Gasteiger partial charge in [0.25, 0.3) is 0 Å². The summed E-state index contributed by atoms with van der Waals surface area (Å²) in [5.41, 5.74) is 2.25. The van der Waals surface area contributed by atoms with Gasteiger partial charge in [-0.3, -0.25) is 9.59 Å². The number of likely N-dealkylation sites (tertiary alicyclic amines) is 1. The molecule has 1 fully saturated rings. The lowest BCUT2D eigenvalue weighted by molar-refractivity contribution is -0.149. The van der Waals surface area contributed by atoms with Gasteiger partial charge in [-0.05, 0) is 43.9 Å². The van der Waals surface area contributed by atoms with Crippen LogP contribution >= 0.6 is 0 Å². The molecule has 126 valence electrons. The third-order valence-electron chi connectivity index (χ3n) is 4.68. The number of carboxylic acid groups (broad SMARTS) is 1.